The monoisotopic (exact) mass is 363 g/mol. The first-order valence-electron chi connectivity index (χ1n) is 8.56. The number of fused-ring (bicyclic) bond motifs is 1. The summed E-state index contributed by atoms with van der Waals surface area (Å²) >= 11 is 1.40. The van der Waals surface area contributed by atoms with Crippen LogP contribution in [0.25, 0.3) is 0 Å². The Balaban J connectivity index is 1.82. The summed E-state index contributed by atoms with van der Waals surface area (Å²) in [6, 6.07) is 4.07. The maximum Gasteiger partial charge on any atom is 0.271 e. The van der Waals surface area contributed by atoms with Crippen molar-refractivity contribution < 1.29 is 8.78 Å². The number of hydrogen-bond acceptors (Lipinski definition) is 3. The molecule has 0 spiro atoms. The fourth-order valence-electron chi connectivity index (χ4n) is 3.72. The van der Waals surface area contributed by atoms with Crippen molar-refractivity contribution in [1.29, 1.82) is 0 Å². The van der Waals surface area contributed by atoms with Gasteiger partial charge in [0, 0.05) is 0 Å². The first-order chi connectivity index (χ1) is 12.0. The third kappa shape index (κ3) is 2.94. The van der Waals surface area contributed by atoms with Crippen molar-refractivity contribution in [2.24, 2.45) is 4.99 Å². The Morgan fingerprint density at radius 2 is 1.96 bits per heavy atom. The number of hydrogen-bond donors (Lipinski definition) is 1. The molecule has 1 aromatic heterocycles. The summed E-state index contributed by atoms with van der Waals surface area (Å²) in [7, 11) is 0. The normalized spacial score (nSPS) is 21.1. The highest BCUT2D eigenvalue weighted by atomic mass is 32.2. The fourth-order valence-corrected chi connectivity index (χ4v) is 4.82. The van der Waals surface area contributed by atoms with Crippen LogP contribution in [0.1, 0.15) is 61.4 Å². The fraction of sp³-hybridized carbons (Fsp3) is 0.444. The quantitative estimate of drug-likeness (QED) is 0.829. The molecule has 1 saturated carbocycles. The van der Waals surface area contributed by atoms with Gasteiger partial charge in [-0.05, 0) is 37.5 Å². The van der Waals surface area contributed by atoms with Gasteiger partial charge in [0.05, 0.1) is 21.9 Å². The predicted molar refractivity (Wildman–Crippen MR) is 95.7 cm³/mol. The van der Waals surface area contributed by atoms with Crippen molar-refractivity contribution in [3.63, 3.8) is 0 Å². The Hall–Kier alpha value is -1.89. The second kappa shape index (κ2) is 6.44. The molecule has 0 unspecified atom stereocenters. The van der Waals surface area contributed by atoms with E-state index >= 15 is 0 Å². The zero-order valence-electron chi connectivity index (χ0n) is 13.9. The summed E-state index contributed by atoms with van der Waals surface area (Å²) in [4.78, 5) is 17.2. The molecule has 2 aliphatic rings. The van der Waals surface area contributed by atoms with Crippen molar-refractivity contribution in [3.05, 3.63) is 51.3 Å². The molecule has 7 heteroatoms. The second-order valence-electron chi connectivity index (χ2n) is 6.64. The molecular formula is C18H19F2N3OS. The molecule has 4 rings (SSSR count). The number of aromatic amines is 1. The molecule has 0 radical (unpaired) electrons. The van der Waals surface area contributed by atoms with Crippen LogP contribution in [0.2, 0.25) is 0 Å². The summed E-state index contributed by atoms with van der Waals surface area (Å²) in [5, 5.41) is 3.38. The summed E-state index contributed by atoms with van der Waals surface area (Å²) in [5.41, 5.74) is 0.914. The van der Waals surface area contributed by atoms with Gasteiger partial charge in [-0.1, -0.05) is 37.1 Å². The summed E-state index contributed by atoms with van der Waals surface area (Å²) in [6.07, 6.45) is 5.55. The van der Waals surface area contributed by atoms with E-state index in [0.29, 0.717) is 16.9 Å². The van der Waals surface area contributed by atoms with Crippen molar-refractivity contribution >= 4 is 22.6 Å². The van der Waals surface area contributed by atoms with E-state index in [1.165, 1.54) is 30.3 Å². The minimum atomic E-state index is -0.900. The molecule has 0 bridgehead atoms. The number of halogens is 2. The number of nitrogens with one attached hydrogen (secondary N) is 1. The van der Waals surface area contributed by atoms with Crippen molar-refractivity contribution in [2.45, 2.75) is 50.3 Å². The van der Waals surface area contributed by atoms with Crippen molar-refractivity contribution in [1.82, 2.24) is 9.78 Å². The molecule has 1 aromatic carbocycles. The highest BCUT2D eigenvalue weighted by Gasteiger charge is 2.32. The highest BCUT2D eigenvalue weighted by Crippen LogP contribution is 2.45. The molecule has 2 heterocycles. The molecule has 2 aromatic rings. The molecule has 0 saturated heterocycles. The lowest BCUT2D eigenvalue weighted by atomic mass is 9.95. The summed E-state index contributed by atoms with van der Waals surface area (Å²) in [6.45, 7) is 1.88. The molecule has 1 atom stereocenters. The summed E-state index contributed by atoms with van der Waals surface area (Å²) < 4.78 is 28.9. The van der Waals surface area contributed by atoms with Gasteiger partial charge in [0.25, 0.3) is 5.56 Å². The van der Waals surface area contributed by atoms with Crippen LogP contribution < -0.4 is 5.56 Å². The maximum atomic E-state index is 13.7. The molecule has 0 amide bonds. The third-order valence-corrected chi connectivity index (χ3v) is 6.11. The van der Waals surface area contributed by atoms with Gasteiger partial charge in [-0.25, -0.2) is 13.8 Å². The van der Waals surface area contributed by atoms with E-state index in [2.05, 4.69) is 10.1 Å². The van der Waals surface area contributed by atoms with Gasteiger partial charge in [-0.3, -0.25) is 14.6 Å². The van der Waals surface area contributed by atoms with E-state index in [1.54, 1.807) is 0 Å². The van der Waals surface area contributed by atoms with Gasteiger partial charge in [0.1, 0.15) is 0 Å². The van der Waals surface area contributed by atoms with E-state index < -0.39 is 11.6 Å². The smallest absolute Gasteiger partial charge is 0.268 e. The Bertz CT molecular complexity index is 896. The number of aliphatic imine (C=N–C) groups is 1. The topological polar surface area (TPSA) is 50.1 Å². The molecule has 1 N–H and O–H groups in total. The average molecular weight is 363 g/mol. The first-order valence-corrected chi connectivity index (χ1v) is 9.44. The molecule has 25 heavy (non-hydrogen) atoms. The van der Waals surface area contributed by atoms with Crippen LogP contribution in [0.4, 0.5) is 14.6 Å². The van der Waals surface area contributed by atoms with Crippen LogP contribution in [-0.4, -0.2) is 14.8 Å². The summed E-state index contributed by atoms with van der Waals surface area (Å²) in [5.74, 6) is -1.14. The lowest BCUT2D eigenvalue weighted by Gasteiger charge is -2.26. The largest absolute Gasteiger partial charge is 0.271 e. The molecule has 1 aliphatic carbocycles. The van der Waals surface area contributed by atoms with Crippen molar-refractivity contribution in [2.75, 3.05) is 0 Å². The van der Waals surface area contributed by atoms with Crippen LogP contribution in [0.15, 0.2) is 28.0 Å². The van der Waals surface area contributed by atoms with Gasteiger partial charge in [0.2, 0.25) is 0 Å². The Morgan fingerprint density at radius 3 is 2.68 bits per heavy atom. The molecular weight excluding hydrogens is 344 g/mol. The Labute approximate surface area is 148 Å². The van der Waals surface area contributed by atoms with E-state index in [-0.39, 0.29) is 16.9 Å². The minimum absolute atomic E-state index is 0.195. The number of aromatic nitrogens is 2. The lowest BCUT2D eigenvalue weighted by molar-refractivity contribution is 0.331. The molecule has 1 aliphatic heterocycles. The van der Waals surface area contributed by atoms with E-state index in [4.69, 9.17) is 0 Å². The number of H-pyrrole nitrogens is 1. The van der Waals surface area contributed by atoms with Crippen molar-refractivity contribution in [3.8, 4) is 0 Å². The lowest BCUT2D eigenvalue weighted by Crippen LogP contribution is -2.16. The number of nitrogens with zero attached hydrogens (tertiary/aromatic N) is 2. The zero-order chi connectivity index (χ0) is 17.6. The standard InChI is InChI=1S/C18H19F2N3OS/c1-10-21-17-15(16(25-10)11-7-8-13(19)14(20)9-11)18(24)22-23(17)12-5-3-2-4-6-12/h7-9,12,16H,2-6H2,1H3,(H,22,24)/t16-/m1/s1. The van der Waals surface area contributed by atoms with Gasteiger partial charge in [-0.15, -0.1) is 0 Å². The molecule has 132 valence electrons. The SMILES string of the molecule is CC1=Nc2c(c(=O)[nH]n2C2CCCCC2)[C@@H](c2ccc(F)c(F)c2)S1. The number of thioether (sulfide) groups is 1. The Kier molecular flexibility index (Phi) is 4.27. The van der Waals surface area contributed by atoms with E-state index in [0.717, 1.165) is 36.8 Å². The van der Waals surface area contributed by atoms with Crippen LogP contribution in [0.5, 0.6) is 0 Å². The van der Waals surface area contributed by atoms with Gasteiger partial charge in [0.15, 0.2) is 17.5 Å². The maximum absolute atomic E-state index is 13.7. The van der Waals surface area contributed by atoms with Crippen LogP contribution in [-0.2, 0) is 0 Å². The van der Waals surface area contributed by atoms with Crippen LogP contribution in [0.3, 0.4) is 0 Å². The van der Waals surface area contributed by atoms with Crippen LogP contribution >= 0.6 is 11.8 Å². The highest BCUT2D eigenvalue weighted by molar-refractivity contribution is 8.14. The first kappa shape index (κ1) is 16.6. The zero-order valence-corrected chi connectivity index (χ0v) is 14.7. The predicted octanol–water partition coefficient (Wildman–Crippen LogP) is 4.85. The number of benzene rings is 1. The second-order valence-corrected chi connectivity index (χ2v) is 7.94. The van der Waals surface area contributed by atoms with Crippen LogP contribution in [0, 0.1) is 11.6 Å². The van der Waals surface area contributed by atoms with Gasteiger partial charge < -0.3 is 0 Å². The minimum Gasteiger partial charge on any atom is -0.268 e. The van der Waals surface area contributed by atoms with Gasteiger partial charge >= 0.3 is 0 Å². The Morgan fingerprint density at radius 1 is 1.20 bits per heavy atom. The average Bonchev–Trinajstić information content (AvgIpc) is 2.94. The van der Waals surface area contributed by atoms with E-state index in [9.17, 15) is 13.6 Å². The van der Waals surface area contributed by atoms with Gasteiger partial charge in [-0.2, -0.15) is 0 Å². The molecule has 4 nitrogen and oxygen atoms in total. The third-order valence-electron chi connectivity index (χ3n) is 4.94. The number of rotatable bonds is 2. The molecule has 1 fully saturated rings. The van der Waals surface area contributed by atoms with E-state index in [1.807, 2.05) is 11.6 Å².